The van der Waals surface area contributed by atoms with Gasteiger partial charge in [-0.1, -0.05) is 22.9 Å². The molecule has 0 fully saturated rings. The summed E-state index contributed by atoms with van der Waals surface area (Å²) in [7, 11) is 0. The third-order valence-corrected chi connectivity index (χ3v) is 2.77. The van der Waals surface area contributed by atoms with Crippen LogP contribution in [0.1, 0.15) is 10.5 Å². The van der Waals surface area contributed by atoms with Gasteiger partial charge in [-0.2, -0.15) is 0 Å². The number of carbonyl (C=O) groups is 1. The highest BCUT2D eigenvalue weighted by molar-refractivity contribution is 6.32. The lowest BCUT2D eigenvalue weighted by molar-refractivity contribution is -0.385. The Labute approximate surface area is 122 Å². The van der Waals surface area contributed by atoms with E-state index >= 15 is 0 Å². The topological polar surface area (TPSA) is 120 Å². The molecule has 10 heteroatoms. The maximum absolute atomic E-state index is 10.9. The van der Waals surface area contributed by atoms with Crippen LogP contribution in [0.15, 0.2) is 24.4 Å². The van der Waals surface area contributed by atoms with Crippen LogP contribution in [-0.4, -0.2) is 37.6 Å². The van der Waals surface area contributed by atoms with Gasteiger partial charge in [0, 0.05) is 6.07 Å². The van der Waals surface area contributed by atoms with Gasteiger partial charge in [-0.25, -0.2) is 9.48 Å². The lowest BCUT2D eigenvalue weighted by Crippen LogP contribution is -2.10. The molecule has 1 aromatic carbocycles. The largest absolute Gasteiger partial charge is 0.484 e. The van der Waals surface area contributed by atoms with Crippen molar-refractivity contribution >= 4 is 23.3 Å². The Morgan fingerprint density at radius 3 is 2.90 bits per heavy atom. The summed E-state index contributed by atoms with van der Waals surface area (Å²) in [6.07, 6.45) is 1.23. The summed E-state index contributed by atoms with van der Waals surface area (Å²) in [4.78, 5) is 20.9. The number of aromatic carboxylic acids is 1. The Balaban J connectivity index is 2.03. The Bertz CT molecular complexity index is 687. The zero-order valence-corrected chi connectivity index (χ0v) is 11.2. The maximum Gasteiger partial charge on any atom is 0.358 e. The number of hydrogen-bond acceptors (Lipinski definition) is 6. The molecular formula is C11H9ClN4O5. The summed E-state index contributed by atoms with van der Waals surface area (Å²) in [5.41, 5.74) is -0.439. The second-order valence-electron chi connectivity index (χ2n) is 3.87. The average molecular weight is 313 g/mol. The summed E-state index contributed by atoms with van der Waals surface area (Å²) in [6.45, 7) is 0.190. The van der Waals surface area contributed by atoms with E-state index in [1.165, 1.54) is 29.1 Å². The monoisotopic (exact) mass is 312 g/mol. The predicted octanol–water partition coefficient (Wildman–Crippen LogP) is 1.62. The minimum absolute atomic E-state index is 0.0208. The van der Waals surface area contributed by atoms with Crippen LogP contribution in [0.4, 0.5) is 5.69 Å². The van der Waals surface area contributed by atoms with Gasteiger partial charge in [-0.3, -0.25) is 10.1 Å². The smallest absolute Gasteiger partial charge is 0.358 e. The number of rotatable bonds is 6. The van der Waals surface area contributed by atoms with Crippen molar-refractivity contribution in [2.45, 2.75) is 6.54 Å². The van der Waals surface area contributed by atoms with Gasteiger partial charge >= 0.3 is 11.7 Å². The van der Waals surface area contributed by atoms with Crippen molar-refractivity contribution < 1.29 is 19.6 Å². The molecule has 21 heavy (non-hydrogen) atoms. The molecular weight excluding hydrogens is 304 g/mol. The minimum Gasteiger partial charge on any atom is -0.484 e. The van der Waals surface area contributed by atoms with Crippen LogP contribution < -0.4 is 4.74 Å². The van der Waals surface area contributed by atoms with Crippen LogP contribution in [0.25, 0.3) is 0 Å². The molecule has 0 aliphatic heterocycles. The fourth-order valence-corrected chi connectivity index (χ4v) is 1.76. The van der Waals surface area contributed by atoms with E-state index in [1.54, 1.807) is 0 Å². The number of carboxylic acids is 1. The number of carboxylic acid groups (broad SMARTS) is 1. The standard InChI is InChI=1S/C11H9ClN4O5/c12-7-2-1-3-9(16(19)20)10(7)21-5-4-15-6-8(11(17)18)13-14-15/h1-3,6H,4-5H2,(H,17,18). The molecule has 2 rings (SSSR count). The van der Waals surface area contributed by atoms with Crippen LogP contribution in [0.3, 0.4) is 0 Å². The number of nitro groups is 1. The van der Waals surface area contributed by atoms with Crippen LogP contribution in [0, 0.1) is 10.1 Å². The number of halogens is 1. The van der Waals surface area contributed by atoms with Crippen molar-refractivity contribution in [1.82, 2.24) is 15.0 Å². The van der Waals surface area contributed by atoms with E-state index in [2.05, 4.69) is 10.3 Å². The van der Waals surface area contributed by atoms with Crippen molar-refractivity contribution in [3.8, 4) is 5.75 Å². The van der Waals surface area contributed by atoms with Gasteiger partial charge < -0.3 is 9.84 Å². The first-order chi connectivity index (χ1) is 9.99. The lowest BCUT2D eigenvalue weighted by atomic mass is 10.3. The molecule has 0 saturated heterocycles. The van der Waals surface area contributed by atoms with E-state index in [0.717, 1.165) is 0 Å². The Kier molecular flexibility index (Phi) is 4.33. The molecule has 9 nitrogen and oxygen atoms in total. The molecule has 0 saturated carbocycles. The Morgan fingerprint density at radius 1 is 1.52 bits per heavy atom. The molecule has 110 valence electrons. The van der Waals surface area contributed by atoms with Gasteiger partial charge in [0.2, 0.25) is 5.75 Å². The molecule has 1 N–H and O–H groups in total. The zero-order chi connectivity index (χ0) is 15.4. The van der Waals surface area contributed by atoms with E-state index in [-0.39, 0.29) is 35.3 Å². The number of hydrogen-bond donors (Lipinski definition) is 1. The van der Waals surface area contributed by atoms with Crippen LogP contribution in [-0.2, 0) is 6.54 Å². The van der Waals surface area contributed by atoms with Crippen molar-refractivity contribution in [2.24, 2.45) is 0 Å². The molecule has 0 aliphatic rings. The van der Waals surface area contributed by atoms with E-state index in [1.807, 2.05) is 0 Å². The van der Waals surface area contributed by atoms with Gasteiger partial charge in [-0.05, 0) is 6.07 Å². The summed E-state index contributed by atoms with van der Waals surface area (Å²) in [6, 6.07) is 4.20. The summed E-state index contributed by atoms with van der Waals surface area (Å²) >= 11 is 5.86. The second-order valence-corrected chi connectivity index (χ2v) is 4.27. The highest BCUT2D eigenvalue weighted by Crippen LogP contribution is 2.34. The predicted molar refractivity (Wildman–Crippen MR) is 70.6 cm³/mol. The van der Waals surface area contributed by atoms with Gasteiger partial charge in [-0.15, -0.1) is 5.10 Å². The number of nitro benzene ring substituents is 1. The van der Waals surface area contributed by atoms with Gasteiger partial charge in [0.15, 0.2) is 5.69 Å². The summed E-state index contributed by atoms with van der Waals surface area (Å²) in [5.74, 6) is -1.23. The highest BCUT2D eigenvalue weighted by atomic mass is 35.5. The zero-order valence-electron chi connectivity index (χ0n) is 10.5. The molecule has 0 bridgehead atoms. The van der Waals surface area contributed by atoms with E-state index < -0.39 is 10.9 Å². The number of benzene rings is 1. The SMILES string of the molecule is O=C(O)c1cn(CCOc2c(Cl)cccc2[N+](=O)[O-])nn1. The third-order valence-electron chi connectivity index (χ3n) is 2.47. The summed E-state index contributed by atoms with van der Waals surface area (Å²) < 4.78 is 6.55. The molecule has 0 spiro atoms. The molecule has 0 atom stereocenters. The number of para-hydroxylation sites is 1. The third kappa shape index (κ3) is 3.45. The minimum atomic E-state index is -1.19. The van der Waals surface area contributed by atoms with Crippen molar-refractivity contribution in [2.75, 3.05) is 6.61 Å². The highest BCUT2D eigenvalue weighted by Gasteiger charge is 2.18. The number of ether oxygens (including phenoxy) is 1. The fraction of sp³-hybridized carbons (Fsp3) is 0.182. The quantitative estimate of drug-likeness (QED) is 0.635. The number of aromatic nitrogens is 3. The molecule has 1 heterocycles. The average Bonchev–Trinajstić information content (AvgIpc) is 2.89. The molecule has 0 unspecified atom stereocenters. The van der Waals surface area contributed by atoms with Crippen molar-refractivity contribution in [3.63, 3.8) is 0 Å². The maximum atomic E-state index is 10.9. The molecule has 0 aliphatic carbocycles. The van der Waals surface area contributed by atoms with Crippen LogP contribution in [0.5, 0.6) is 5.75 Å². The summed E-state index contributed by atoms with van der Waals surface area (Å²) in [5, 5.41) is 26.7. The molecule has 2 aromatic rings. The van der Waals surface area contributed by atoms with Crippen molar-refractivity contribution in [3.05, 3.63) is 45.2 Å². The first-order valence-electron chi connectivity index (χ1n) is 5.68. The fourth-order valence-electron chi connectivity index (χ4n) is 1.53. The van der Waals surface area contributed by atoms with Crippen LogP contribution in [0.2, 0.25) is 5.02 Å². The van der Waals surface area contributed by atoms with Crippen LogP contribution >= 0.6 is 11.6 Å². The number of nitrogens with zero attached hydrogens (tertiary/aromatic N) is 4. The van der Waals surface area contributed by atoms with E-state index in [9.17, 15) is 14.9 Å². The Hall–Kier alpha value is -2.68. The normalized spacial score (nSPS) is 10.3. The first kappa shape index (κ1) is 14.7. The Morgan fingerprint density at radius 2 is 2.29 bits per heavy atom. The first-order valence-corrected chi connectivity index (χ1v) is 6.06. The molecule has 0 radical (unpaired) electrons. The van der Waals surface area contributed by atoms with Gasteiger partial charge in [0.05, 0.1) is 22.7 Å². The van der Waals surface area contributed by atoms with Crippen molar-refractivity contribution in [1.29, 1.82) is 0 Å². The second kappa shape index (κ2) is 6.18. The molecule has 1 aromatic heterocycles. The van der Waals surface area contributed by atoms with E-state index in [4.69, 9.17) is 21.4 Å². The van der Waals surface area contributed by atoms with Gasteiger partial charge in [0.1, 0.15) is 6.61 Å². The molecule has 0 amide bonds. The van der Waals surface area contributed by atoms with Gasteiger partial charge in [0.25, 0.3) is 0 Å². The lowest BCUT2D eigenvalue weighted by Gasteiger charge is -2.07. The van der Waals surface area contributed by atoms with E-state index in [0.29, 0.717) is 0 Å².